The molecule has 0 spiro atoms. The lowest BCUT2D eigenvalue weighted by Crippen LogP contribution is -2.32. The Kier molecular flexibility index (Phi) is 3.84. The Morgan fingerprint density at radius 1 is 1.35 bits per heavy atom. The third kappa shape index (κ3) is 3.36. The fourth-order valence-corrected chi connectivity index (χ4v) is 2.29. The third-order valence-electron chi connectivity index (χ3n) is 1.87. The number of nitrogens with zero attached hydrogens (tertiary/aromatic N) is 1. The molecule has 17 heavy (non-hydrogen) atoms. The number of hydrogen-bond donors (Lipinski definition) is 2. The van der Waals surface area contributed by atoms with Gasteiger partial charge in [0.2, 0.25) is 5.91 Å². The number of carbonyl (C=O) groups excluding carboxylic acids is 2. The number of thiazole rings is 1. The van der Waals surface area contributed by atoms with Crippen LogP contribution in [0.25, 0.3) is 0 Å². The summed E-state index contributed by atoms with van der Waals surface area (Å²) in [7, 11) is 0. The van der Waals surface area contributed by atoms with E-state index in [1.807, 2.05) is 5.38 Å². The van der Waals surface area contributed by atoms with Crippen molar-refractivity contribution in [3.8, 4) is 0 Å². The lowest BCUT2D eigenvalue weighted by atomic mass is 10.3. The first-order valence-corrected chi connectivity index (χ1v) is 6.57. The van der Waals surface area contributed by atoms with E-state index in [0.717, 1.165) is 0 Å². The number of thiophene rings is 1. The van der Waals surface area contributed by atoms with Crippen molar-refractivity contribution >= 4 is 39.6 Å². The predicted molar refractivity (Wildman–Crippen MR) is 67.4 cm³/mol. The van der Waals surface area contributed by atoms with Gasteiger partial charge in [0.05, 0.1) is 6.54 Å². The number of rotatable bonds is 4. The summed E-state index contributed by atoms with van der Waals surface area (Å²) in [5, 5.41) is 10.9. The zero-order valence-electron chi connectivity index (χ0n) is 8.67. The first-order chi connectivity index (χ1) is 8.25. The number of hydrogen-bond acceptors (Lipinski definition) is 5. The molecule has 7 heteroatoms. The van der Waals surface area contributed by atoms with E-state index in [-0.39, 0.29) is 18.4 Å². The second-order valence-electron chi connectivity index (χ2n) is 3.08. The molecule has 0 unspecified atom stereocenters. The first-order valence-electron chi connectivity index (χ1n) is 4.75. The maximum atomic E-state index is 11.5. The van der Waals surface area contributed by atoms with E-state index in [4.69, 9.17) is 0 Å². The number of anilines is 1. The average Bonchev–Trinajstić information content (AvgIpc) is 2.97. The van der Waals surface area contributed by atoms with Crippen LogP contribution in [0, 0.1) is 0 Å². The summed E-state index contributed by atoms with van der Waals surface area (Å²) in [4.78, 5) is 26.9. The predicted octanol–water partition coefficient (Wildman–Crippen LogP) is 1.57. The highest BCUT2D eigenvalue weighted by molar-refractivity contribution is 7.13. The van der Waals surface area contributed by atoms with Gasteiger partial charge in [-0.25, -0.2) is 4.98 Å². The van der Waals surface area contributed by atoms with E-state index in [9.17, 15) is 9.59 Å². The molecule has 2 amide bonds. The molecule has 0 atom stereocenters. The Morgan fingerprint density at radius 2 is 2.24 bits per heavy atom. The van der Waals surface area contributed by atoms with E-state index < -0.39 is 0 Å². The molecule has 0 saturated carbocycles. The van der Waals surface area contributed by atoms with Crippen molar-refractivity contribution in [2.24, 2.45) is 0 Å². The van der Waals surface area contributed by atoms with E-state index in [0.29, 0.717) is 10.7 Å². The van der Waals surface area contributed by atoms with Crippen LogP contribution in [-0.4, -0.2) is 23.3 Å². The molecule has 0 radical (unpaired) electrons. The molecule has 5 nitrogen and oxygen atoms in total. The Bertz CT molecular complexity index is 494. The Morgan fingerprint density at radius 3 is 2.88 bits per heavy atom. The third-order valence-corrected chi connectivity index (χ3v) is 3.24. The zero-order chi connectivity index (χ0) is 12.1. The van der Waals surface area contributed by atoms with Gasteiger partial charge >= 0.3 is 0 Å². The number of aromatic nitrogens is 1. The Balaban J connectivity index is 1.79. The molecule has 0 aliphatic heterocycles. The van der Waals surface area contributed by atoms with Crippen molar-refractivity contribution in [3.05, 3.63) is 34.0 Å². The molecular weight excluding hydrogens is 258 g/mol. The molecule has 88 valence electrons. The van der Waals surface area contributed by atoms with Gasteiger partial charge in [-0.05, 0) is 11.4 Å². The quantitative estimate of drug-likeness (QED) is 0.883. The number of nitrogens with one attached hydrogen (secondary N) is 2. The zero-order valence-corrected chi connectivity index (χ0v) is 10.3. The molecule has 2 aromatic heterocycles. The van der Waals surface area contributed by atoms with Crippen LogP contribution in [0.3, 0.4) is 0 Å². The summed E-state index contributed by atoms with van der Waals surface area (Å²) in [6.07, 6.45) is 1.60. The van der Waals surface area contributed by atoms with Crippen LogP contribution in [-0.2, 0) is 4.79 Å². The molecular formula is C10H9N3O2S2. The second-order valence-corrected chi connectivity index (χ2v) is 4.75. The highest BCUT2D eigenvalue weighted by Crippen LogP contribution is 2.09. The molecule has 2 aromatic rings. The van der Waals surface area contributed by atoms with E-state index in [1.54, 1.807) is 23.0 Å². The summed E-state index contributed by atoms with van der Waals surface area (Å²) < 4.78 is 0. The van der Waals surface area contributed by atoms with Gasteiger partial charge in [0.15, 0.2) is 5.13 Å². The van der Waals surface area contributed by atoms with Gasteiger partial charge < -0.3 is 10.6 Å². The van der Waals surface area contributed by atoms with Crippen LogP contribution < -0.4 is 10.6 Å². The Hall–Kier alpha value is -1.73. The van der Waals surface area contributed by atoms with Crippen LogP contribution in [0.1, 0.15) is 10.4 Å². The summed E-state index contributed by atoms with van der Waals surface area (Å²) in [5.41, 5.74) is 0.567. The van der Waals surface area contributed by atoms with Gasteiger partial charge in [-0.1, -0.05) is 0 Å². The van der Waals surface area contributed by atoms with Crippen LogP contribution in [0.2, 0.25) is 0 Å². The lowest BCUT2D eigenvalue weighted by molar-refractivity contribution is -0.115. The fourth-order valence-electron chi connectivity index (χ4n) is 1.10. The number of carbonyl (C=O) groups is 2. The normalized spacial score (nSPS) is 9.88. The number of amides is 2. The molecule has 2 rings (SSSR count). The van der Waals surface area contributed by atoms with Crippen molar-refractivity contribution in [1.82, 2.24) is 10.3 Å². The van der Waals surface area contributed by atoms with Crippen LogP contribution >= 0.6 is 22.7 Å². The van der Waals surface area contributed by atoms with Gasteiger partial charge in [-0.3, -0.25) is 9.59 Å². The highest BCUT2D eigenvalue weighted by Gasteiger charge is 2.08. The van der Waals surface area contributed by atoms with Crippen molar-refractivity contribution in [2.45, 2.75) is 0 Å². The van der Waals surface area contributed by atoms with Gasteiger partial charge in [-0.2, -0.15) is 11.3 Å². The summed E-state index contributed by atoms with van der Waals surface area (Å²) in [6.45, 7) is -0.0613. The van der Waals surface area contributed by atoms with Crippen molar-refractivity contribution in [3.63, 3.8) is 0 Å². The lowest BCUT2D eigenvalue weighted by Gasteiger charge is -2.03. The molecule has 0 aliphatic rings. The minimum Gasteiger partial charge on any atom is -0.343 e. The SMILES string of the molecule is O=C(CNC(=O)c1ccsc1)Nc1nccs1. The first kappa shape index (κ1) is 11.7. The highest BCUT2D eigenvalue weighted by atomic mass is 32.1. The van der Waals surface area contributed by atoms with E-state index >= 15 is 0 Å². The monoisotopic (exact) mass is 267 g/mol. The summed E-state index contributed by atoms with van der Waals surface area (Å²) >= 11 is 2.77. The molecule has 0 bridgehead atoms. The van der Waals surface area contributed by atoms with Crippen molar-refractivity contribution in [1.29, 1.82) is 0 Å². The Labute approximate surface area is 106 Å². The van der Waals surface area contributed by atoms with Gasteiger partial charge in [0.25, 0.3) is 5.91 Å². The van der Waals surface area contributed by atoms with Crippen LogP contribution in [0.4, 0.5) is 5.13 Å². The van der Waals surface area contributed by atoms with Crippen molar-refractivity contribution < 1.29 is 9.59 Å². The second kappa shape index (κ2) is 5.55. The largest absolute Gasteiger partial charge is 0.343 e. The van der Waals surface area contributed by atoms with Crippen LogP contribution in [0.15, 0.2) is 28.4 Å². The standard InChI is InChI=1S/C10H9N3O2S2/c14-8(13-10-11-2-4-17-10)5-12-9(15)7-1-3-16-6-7/h1-4,6H,5H2,(H,12,15)(H,11,13,14). The molecule has 0 aliphatic carbocycles. The maximum Gasteiger partial charge on any atom is 0.252 e. The van der Waals surface area contributed by atoms with Crippen LogP contribution in [0.5, 0.6) is 0 Å². The maximum absolute atomic E-state index is 11.5. The molecule has 0 saturated heterocycles. The van der Waals surface area contributed by atoms with Gasteiger partial charge in [0.1, 0.15) is 0 Å². The molecule has 0 fully saturated rings. The van der Waals surface area contributed by atoms with E-state index in [1.165, 1.54) is 22.7 Å². The van der Waals surface area contributed by atoms with Gasteiger partial charge in [-0.15, -0.1) is 11.3 Å². The smallest absolute Gasteiger partial charge is 0.252 e. The summed E-state index contributed by atoms with van der Waals surface area (Å²) in [6, 6.07) is 1.71. The topological polar surface area (TPSA) is 71.1 Å². The van der Waals surface area contributed by atoms with Gasteiger partial charge in [0, 0.05) is 22.5 Å². The summed E-state index contributed by atoms with van der Waals surface area (Å²) in [5.74, 6) is -0.538. The van der Waals surface area contributed by atoms with E-state index in [2.05, 4.69) is 15.6 Å². The molecule has 0 aromatic carbocycles. The molecule has 2 heterocycles. The molecule has 2 N–H and O–H groups in total. The minimum absolute atomic E-state index is 0.0613. The minimum atomic E-state index is -0.288. The average molecular weight is 267 g/mol. The van der Waals surface area contributed by atoms with Crippen molar-refractivity contribution in [2.75, 3.05) is 11.9 Å². The fraction of sp³-hybridized carbons (Fsp3) is 0.100.